The van der Waals surface area contributed by atoms with Gasteiger partial charge in [0, 0.05) is 24.9 Å². The number of carbonyl (C=O) groups is 2. The van der Waals surface area contributed by atoms with E-state index in [0.29, 0.717) is 43.4 Å². The Bertz CT molecular complexity index is 1870. The minimum absolute atomic E-state index is 0.227. The average molecular weight is 704 g/mol. The molecule has 7 rings (SSSR count). The number of hydrogen-bond acceptors (Lipinski definition) is 8. The Labute approximate surface area is 306 Å². The summed E-state index contributed by atoms with van der Waals surface area (Å²) in [5, 5.41) is 6.30. The number of nitrogens with zero attached hydrogens (tertiary/aromatic N) is 1. The van der Waals surface area contributed by atoms with Gasteiger partial charge in [-0.1, -0.05) is 55.7 Å². The van der Waals surface area contributed by atoms with Crippen LogP contribution in [0.2, 0.25) is 0 Å². The molecule has 272 valence electrons. The summed E-state index contributed by atoms with van der Waals surface area (Å²) < 4.78 is 23.8. The molecule has 1 aromatic heterocycles. The fourth-order valence-corrected chi connectivity index (χ4v) is 7.52. The number of methoxy groups -OCH3 is 1. The van der Waals surface area contributed by atoms with E-state index in [1.165, 1.54) is 50.3 Å². The molecule has 0 radical (unpaired) electrons. The van der Waals surface area contributed by atoms with Gasteiger partial charge in [-0.2, -0.15) is 0 Å². The van der Waals surface area contributed by atoms with E-state index in [1.807, 2.05) is 49.5 Å². The summed E-state index contributed by atoms with van der Waals surface area (Å²) in [5.74, 6) is 2.19. The van der Waals surface area contributed by atoms with Crippen LogP contribution in [0.5, 0.6) is 17.2 Å². The summed E-state index contributed by atoms with van der Waals surface area (Å²) in [6, 6.07) is 21.0. The summed E-state index contributed by atoms with van der Waals surface area (Å²) in [6.45, 7) is 5.77. The second-order valence-corrected chi connectivity index (χ2v) is 14.5. The molecule has 0 saturated heterocycles. The van der Waals surface area contributed by atoms with Gasteiger partial charge in [0.25, 0.3) is 0 Å². The Kier molecular flexibility index (Phi) is 11.1. The lowest BCUT2D eigenvalue weighted by Gasteiger charge is -2.31. The number of ether oxygens (including phenoxy) is 4. The first-order valence-electron chi connectivity index (χ1n) is 18.6. The molecule has 4 aromatic rings. The van der Waals surface area contributed by atoms with Crippen LogP contribution >= 0.6 is 0 Å². The van der Waals surface area contributed by atoms with E-state index in [4.69, 9.17) is 18.9 Å². The maximum atomic E-state index is 13.5. The summed E-state index contributed by atoms with van der Waals surface area (Å²) in [6.07, 6.45) is 9.69. The first-order valence-corrected chi connectivity index (χ1v) is 18.6. The van der Waals surface area contributed by atoms with Gasteiger partial charge in [0.2, 0.25) is 5.91 Å². The van der Waals surface area contributed by atoms with Crippen molar-refractivity contribution < 1.29 is 28.5 Å². The lowest BCUT2D eigenvalue weighted by molar-refractivity contribution is -0.145. The highest BCUT2D eigenvalue weighted by atomic mass is 16.6. The van der Waals surface area contributed by atoms with E-state index in [-0.39, 0.29) is 12.0 Å². The van der Waals surface area contributed by atoms with E-state index in [0.717, 1.165) is 52.3 Å². The molecule has 9 heteroatoms. The molecular weight excluding hydrogens is 654 g/mol. The third-order valence-corrected chi connectivity index (χ3v) is 10.9. The van der Waals surface area contributed by atoms with Gasteiger partial charge in [0.1, 0.15) is 18.4 Å². The van der Waals surface area contributed by atoms with E-state index in [9.17, 15) is 9.59 Å². The van der Waals surface area contributed by atoms with Crippen molar-refractivity contribution >= 4 is 11.9 Å². The van der Waals surface area contributed by atoms with Crippen molar-refractivity contribution in [3.8, 4) is 17.2 Å². The Morgan fingerprint density at radius 1 is 0.942 bits per heavy atom. The number of nitrogens with one attached hydrogen (secondary N) is 2. The predicted octanol–water partition coefficient (Wildman–Crippen LogP) is 6.68. The number of carbonyl (C=O) groups excluding carboxylic acids is 2. The molecule has 3 atom stereocenters. The smallest absolute Gasteiger partial charge is 0.328 e. The minimum atomic E-state index is -0.814. The molecule has 0 unspecified atom stereocenters. The van der Waals surface area contributed by atoms with Crippen LogP contribution < -0.4 is 24.8 Å². The van der Waals surface area contributed by atoms with Gasteiger partial charge in [-0.3, -0.25) is 9.78 Å². The third-order valence-electron chi connectivity index (χ3n) is 10.9. The maximum Gasteiger partial charge on any atom is 0.328 e. The highest BCUT2D eigenvalue weighted by Crippen LogP contribution is 2.40. The molecule has 0 spiro atoms. The molecule has 1 aliphatic carbocycles. The first kappa shape index (κ1) is 35.5. The fraction of sp³-hybridized carbons (Fsp3) is 0.419. The Morgan fingerprint density at radius 2 is 1.69 bits per heavy atom. The number of pyridine rings is 1. The highest BCUT2D eigenvalue weighted by molar-refractivity contribution is 5.88. The molecule has 1 amide bonds. The molecular formula is C43H49N3O6. The number of amides is 1. The fourth-order valence-electron chi connectivity index (χ4n) is 7.52. The zero-order valence-electron chi connectivity index (χ0n) is 30.4. The van der Waals surface area contributed by atoms with E-state index < -0.39 is 18.1 Å². The molecule has 3 heterocycles. The van der Waals surface area contributed by atoms with E-state index >= 15 is 0 Å². The van der Waals surface area contributed by atoms with Gasteiger partial charge in [-0.15, -0.1) is 0 Å². The van der Waals surface area contributed by atoms with Crippen molar-refractivity contribution in [3.63, 3.8) is 0 Å². The highest BCUT2D eigenvalue weighted by Gasteiger charge is 2.31. The third kappa shape index (κ3) is 8.42. The van der Waals surface area contributed by atoms with Crippen LogP contribution in [0.4, 0.5) is 0 Å². The van der Waals surface area contributed by atoms with Crippen LogP contribution in [0.1, 0.15) is 82.8 Å². The molecule has 52 heavy (non-hydrogen) atoms. The molecule has 3 aromatic carbocycles. The van der Waals surface area contributed by atoms with Crippen molar-refractivity contribution in [2.45, 2.75) is 89.9 Å². The second-order valence-electron chi connectivity index (χ2n) is 14.5. The van der Waals surface area contributed by atoms with Crippen LogP contribution in [0.3, 0.4) is 0 Å². The largest absolute Gasteiger partial charge is 0.493 e. The Morgan fingerprint density at radius 3 is 2.46 bits per heavy atom. The summed E-state index contributed by atoms with van der Waals surface area (Å²) in [5.41, 5.74) is 8.67. The number of esters is 1. The van der Waals surface area contributed by atoms with Crippen molar-refractivity contribution in [2.75, 3.05) is 20.3 Å². The molecule has 0 bridgehead atoms. The van der Waals surface area contributed by atoms with Crippen LogP contribution in [-0.2, 0) is 40.1 Å². The Hall–Kier alpha value is -4.89. The van der Waals surface area contributed by atoms with E-state index in [2.05, 4.69) is 52.9 Å². The van der Waals surface area contributed by atoms with Crippen LogP contribution in [0.15, 0.2) is 72.9 Å². The van der Waals surface area contributed by atoms with Crippen LogP contribution in [0, 0.1) is 19.8 Å². The minimum Gasteiger partial charge on any atom is -0.493 e. The second kappa shape index (κ2) is 16.2. The maximum absolute atomic E-state index is 13.5. The SMILES string of the molecule is COC(=O)[C@H](Cc1ccc(Cc2ccnc(C)c2C)cc1)NC(=O)[C@@H]1Cc2cc3c(cc2CN1)O[C@@H](c1ccc(OCC2CCCCC2)cc1)CO3. The number of aryl methyl sites for hydroxylation is 1. The molecule has 1 fully saturated rings. The van der Waals surface area contributed by atoms with Crippen molar-refractivity contribution in [2.24, 2.45) is 5.92 Å². The predicted molar refractivity (Wildman–Crippen MR) is 199 cm³/mol. The molecule has 2 aliphatic heterocycles. The van der Waals surface area contributed by atoms with Crippen LogP contribution in [-0.4, -0.2) is 49.3 Å². The summed E-state index contributed by atoms with van der Waals surface area (Å²) in [4.78, 5) is 30.7. The number of hydrogen-bond donors (Lipinski definition) is 2. The van der Waals surface area contributed by atoms with E-state index in [1.54, 1.807) is 0 Å². The monoisotopic (exact) mass is 703 g/mol. The van der Waals surface area contributed by atoms with Crippen molar-refractivity contribution in [3.05, 3.63) is 118 Å². The van der Waals surface area contributed by atoms with Crippen molar-refractivity contribution in [1.82, 2.24) is 15.6 Å². The number of benzene rings is 3. The zero-order valence-corrected chi connectivity index (χ0v) is 30.4. The van der Waals surface area contributed by atoms with Crippen molar-refractivity contribution in [1.29, 1.82) is 0 Å². The quantitative estimate of drug-likeness (QED) is 0.167. The van der Waals surface area contributed by atoms with Gasteiger partial charge in [-0.25, -0.2) is 4.79 Å². The van der Waals surface area contributed by atoms with Gasteiger partial charge >= 0.3 is 5.97 Å². The van der Waals surface area contributed by atoms with Gasteiger partial charge in [0.05, 0.1) is 19.8 Å². The molecule has 1 saturated carbocycles. The zero-order chi connectivity index (χ0) is 36.0. The lowest BCUT2D eigenvalue weighted by atomic mass is 9.90. The average Bonchev–Trinajstić information content (AvgIpc) is 3.18. The standard InChI is InChI=1S/C43H49N3O6/c1-27-28(2)44-18-17-33(27)19-29-9-11-30(12-10-29)20-38(43(48)49-3)46-42(47)37-21-34-22-39-40(23-35(34)24-45-37)52-41(26-51-39)32-13-15-36(16-14-32)50-25-31-7-5-4-6-8-31/h9-18,22-23,31,37-38,41,45H,4-8,19-21,24-26H2,1-3H3,(H,46,47)/t37-,38-,41+/m0/s1. The van der Waals surface area contributed by atoms with Gasteiger partial charge in [0.15, 0.2) is 17.6 Å². The van der Waals surface area contributed by atoms with Gasteiger partial charge < -0.3 is 29.6 Å². The lowest BCUT2D eigenvalue weighted by Crippen LogP contribution is -2.53. The molecule has 2 N–H and O–H groups in total. The first-order chi connectivity index (χ1) is 25.3. The number of aromatic nitrogens is 1. The summed E-state index contributed by atoms with van der Waals surface area (Å²) >= 11 is 0. The topological polar surface area (TPSA) is 108 Å². The molecule has 3 aliphatic rings. The van der Waals surface area contributed by atoms with Crippen LogP contribution in [0.25, 0.3) is 0 Å². The normalized spacial score (nSPS) is 18.9. The van der Waals surface area contributed by atoms with Gasteiger partial charge in [-0.05, 0) is 115 Å². The Balaban J connectivity index is 0.939. The molecule has 9 nitrogen and oxygen atoms in total. The number of rotatable bonds is 11. The number of fused-ring (bicyclic) bond motifs is 2. The summed E-state index contributed by atoms with van der Waals surface area (Å²) in [7, 11) is 1.34.